The largest absolute Gasteiger partial charge is 0.449 e. The van der Waals surface area contributed by atoms with E-state index in [1.54, 1.807) is 20.8 Å². The third-order valence-corrected chi connectivity index (χ3v) is 17.0. The molecule has 0 saturated heterocycles. The molecule has 0 radical (unpaired) electrons. The van der Waals surface area contributed by atoms with Crippen molar-refractivity contribution in [2.24, 2.45) is 0 Å². The summed E-state index contributed by atoms with van der Waals surface area (Å²) in [4.78, 5) is 60.6. The maximum absolute atomic E-state index is 11.5. The quantitative estimate of drug-likeness (QED) is 0.0412. The Morgan fingerprint density at radius 3 is 1.24 bits per heavy atom. The molecule has 19 heteroatoms. The van der Waals surface area contributed by atoms with Crippen molar-refractivity contribution in [3.05, 3.63) is 84.5 Å². The predicted molar refractivity (Wildman–Crippen MR) is 249 cm³/mol. The summed E-state index contributed by atoms with van der Waals surface area (Å²) in [6, 6.07) is 10.4. The summed E-state index contributed by atoms with van der Waals surface area (Å²) >= 11 is 0. The van der Waals surface area contributed by atoms with Crippen LogP contribution in [0.1, 0.15) is 61.0 Å². The summed E-state index contributed by atoms with van der Waals surface area (Å²) in [5.41, 5.74) is 2.86. The zero-order chi connectivity index (χ0) is 47.4. The Kier molecular flexibility index (Phi) is 33.4. The zero-order valence-electron chi connectivity index (χ0n) is 37.6. The van der Waals surface area contributed by atoms with Crippen LogP contribution in [0.2, 0.25) is 0 Å². The highest BCUT2D eigenvalue weighted by Crippen LogP contribution is 2.58. The molecule has 0 aliphatic carbocycles. The number of ether oxygens (including phenoxy) is 4. The molecule has 0 aromatic heterocycles. The topological polar surface area (TPSA) is 217 Å². The van der Waals surface area contributed by atoms with Crippen molar-refractivity contribution < 1.29 is 65.4 Å². The van der Waals surface area contributed by atoms with E-state index in [9.17, 15) is 32.2 Å². The Labute approximate surface area is 356 Å². The Morgan fingerprint density at radius 2 is 0.949 bits per heavy atom. The molecule has 0 bridgehead atoms. The fourth-order valence-electron chi connectivity index (χ4n) is 3.52. The van der Waals surface area contributed by atoms with Crippen molar-refractivity contribution in [3.8, 4) is 0 Å². The average Bonchev–Trinajstić information content (AvgIpc) is 3.12. The van der Waals surface area contributed by atoms with Crippen molar-refractivity contribution in [1.29, 1.82) is 0 Å². The van der Waals surface area contributed by atoms with Gasteiger partial charge in [0.05, 0.1) is 78.2 Å². The van der Waals surface area contributed by atoms with Crippen LogP contribution in [0.4, 0.5) is 0 Å². The van der Waals surface area contributed by atoms with Crippen molar-refractivity contribution >= 4 is 63.4 Å². The summed E-state index contributed by atoms with van der Waals surface area (Å²) in [6.07, 6.45) is 7.12. The number of rotatable bonds is 18. The molecule has 59 heavy (non-hydrogen) atoms. The minimum Gasteiger partial charge on any atom is -0.449 e. The van der Waals surface area contributed by atoms with Gasteiger partial charge < -0.3 is 28.7 Å². The lowest BCUT2D eigenvalue weighted by atomic mass is 10.2. The first-order valence-corrected chi connectivity index (χ1v) is 30.7. The lowest BCUT2D eigenvalue weighted by Gasteiger charge is -2.22. The molecule has 1 unspecified atom stereocenters. The van der Waals surface area contributed by atoms with Crippen LogP contribution in [0.15, 0.2) is 78.9 Å². The van der Waals surface area contributed by atoms with Gasteiger partial charge in [0, 0.05) is 29.6 Å². The first-order valence-electron chi connectivity index (χ1n) is 18.4. The standard InChI is InChI=1S/C15H22O2P.C11H22O2P.C8H16O2P.C5H9O5P.CH4O3S/c1-5-18(4,12-17-15(16)13(2)3)11-14-9-7-6-8-10-14;1-6-14(7-2,8-3)9-13-11(12)10(4)5;1-7(2)8(9)10-6-11(3,4)5;1-4(2)5(6)10-3-11(7,8)9;1-5(2,3)4/h6-10H,2,5,11-12H2,1,3-4H3;4,6-9H2,1-3,5H3;1,6H2,2-5H3;1,3H2,2H3,(H2,7,8,9);1H3,(H,2,3,4)/q3*+1;;. The van der Waals surface area contributed by atoms with Crippen LogP contribution in [0.3, 0.4) is 0 Å². The third-order valence-electron chi connectivity index (χ3n) is 7.50. The summed E-state index contributed by atoms with van der Waals surface area (Å²) in [6.45, 7) is 37.7. The van der Waals surface area contributed by atoms with E-state index in [1.165, 1.54) is 12.5 Å². The minimum absolute atomic E-state index is 0.110. The molecule has 0 aliphatic rings. The van der Waals surface area contributed by atoms with E-state index in [4.69, 9.17) is 28.6 Å². The van der Waals surface area contributed by atoms with Gasteiger partial charge in [0.25, 0.3) is 10.1 Å². The smallest absolute Gasteiger partial charge is 0.362 e. The summed E-state index contributed by atoms with van der Waals surface area (Å²) < 4.78 is 55.8. The van der Waals surface area contributed by atoms with Gasteiger partial charge in [0.1, 0.15) is 0 Å². The lowest BCUT2D eigenvalue weighted by molar-refractivity contribution is -0.138. The van der Waals surface area contributed by atoms with Crippen LogP contribution >= 0.6 is 29.4 Å². The molecule has 1 rings (SSSR count). The second-order valence-electron chi connectivity index (χ2n) is 14.9. The van der Waals surface area contributed by atoms with Gasteiger partial charge in [-0.25, -0.2) is 19.2 Å². The maximum Gasteiger partial charge on any atom is 0.362 e. The second-order valence-corrected chi connectivity index (χ2v) is 32.1. The first kappa shape index (κ1) is 63.1. The van der Waals surface area contributed by atoms with Gasteiger partial charge in [-0.15, -0.1) is 0 Å². The number of hydrogen-bond donors (Lipinski definition) is 3. The number of carbonyl (C=O) groups is 4. The van der Waals surface area contributed by atoms with E-state index in [0.717, 1.165) is 30.8 Å². The van der Waals surface area contributed by atoms with Crippen LogP contribution in [-0.4, -0.2) is 130 Å². The summed E-state index contributed by atoms with van der Waals surface area (Å²) in [5, 5.41) is 0. The molecule has 340 valence electrons. The molecule has 0 aliphatic heterocycles. The lowest BCUT2D eigenvalue weighted by Crippen LogP contribution is -2.14. The first-order chi connectivity index (χ1) is 26.6. The number of carbonyl (C=O) groups excluding carboxylic acids is 4. The average molecular weight is 934 g/mol. The number of hydrogen-bond acceptors (Lipinski definition) is 11. The molecule has 1 aromatic carbocycles. The van der Waals surface area contributed by atoms with Gasteiger partial charge in [-0.3, -0.25) is 9.12 Å². The summed E-state index contributed by atoms with van der Waals surface area (Å²) in [7, 11) is -11.2. The molecule has 3 N–H and O–H groups in total. The highest BCUT2D eigenvalue weighted by Gasteiger charge is 2.33. The van der Waals surface area contributed by atoms with Crippen LogP contribution in [-0.2, 0) is 59.0 Å². The number of esters is 4. The molecule has 0 fully saturated rings. The Bertz CT molecular complexity index is 1650. The second kappa shape index (κ2) is 31.3. The molecule has 0 amide bonds. The maximum atomic E-state index is 11.5. The van der Waals surface area contributed by atoms with Crippen molar-refractivity contribution in [2.45, 2.75) is 61.6 Å². The fraction of sp³-hybridized carbons (Fsp3) is 0.550. The highest BCUT2D eigenvalue weighted by molar-refractivity contribution is 7.85. The van der Waals surface area contributed by atoms with Gasteiger partial charge in [0.15, 0.2) is 25.4 Å². The molecule has 1 aromatic rings. The van der Waals surface area contributed by atoms with E-state index in [1.807, 2.05) is 6.07 Å². The Balaban J connectivity index is -0.000000335. The highest BCUT2D eigenvalue weighted by atomic mass is 32.2. The normalized spacial score (nSPS) is 11.9. The van der Waals surface area contributed by atoms with Crippen LogP contribution in [0.25, 0.3) is 0 Å². The van der Waals surface area contributed by atoms with Crippen LogP contribution in [0.5, 0.6) is 0 Å². The molecule has 14 nitrogen and oxygen atoms in total. The van der Waals surface area contributed by atoms with Gasteiger partial charge in [-0.2, -0.15) is 8.42 Å². The van der Waals surface area contributed by atoms with E-state index < -0.39 is 51.8 Å². The van der Waals surface area contributed by atoms with E-state index in [-0.39, 0.29) is 23.5 Å². The van der Waals surface area contributed by atoms with Gasteiger partial charge in [-0.05, 0) is 61.0 Å². The van der Waals surface area contributed by atoms with Gasteiger partial charge >= 0.3 is 31.5 Å². The van der Waals surface area contributed by atoms with Crippen molar-refractivity contribution in [2.75, 3.05) is 83.0 Å². The van der Waals surface area contributed by atoms with Gasteiger partial charge in [-0.1, -0.05) is 56.6 Å². The number of benzene rings is 1. The van der Waals surface area contributed by atoms with Gasteiger partial charge in [0.2, 0.25) is 0 Å². The fourth-order valence-corrected chi connectivity index (χ4v) is 8.60. The van der Waals surface area contributed by atoms with E-state index >= 15 is 0 Å². The molecule has 0 spiro atoms. The molecular weight excluding hydrogens is 860 g/mol. The van der Waals surface area contributed by atoms with Crippen molar-refractivity contribution in [1.82, 2.24) is 0 Å². The van der Waals surface area contributed by atoms with Crippen LogP contribution < -0.4 is 0 Å². The SMILES string of the molecule is C=C(C)C(=O)OCP(=O)(O)O.C=C(C)C(=O)OC[P+](C)(C)C.C=C(C)C(=O)OC[P+](C)(CC)Cc1ccccc1.C=C(C)C(=O)OC[P+](CC)(CC)CC.CS(=O)(=O)O. The van der Waals surface area contributed by atoms with E-state index in [0.29, 0.717) is 42.0 Å². The predicted octanol–water partition coefficient (Wildman–Crippen LogP) is 8.79. The monoisotopic (exact) mass is 933 g/mol. The minimum atomic E-state index is -4.24. The molecular formula is C40H73O14P4S+3. The molecule has 1 atom stereocenters. The van der Waals surface area contributed by atoms with E-state index in [2.05, 4.69) is 110 Å². The van der Waals surface area contributed by atoms with Crippen LogP contribution in [0, 0.1) is 0 Å². The Morgan fingerprint density at radius 1 is 0.627 bits per heavy atom. The molecule has 0 saturated carbocycles. The molecule has 0 heterocycles. The summed E-state index contributed by atoms with van der Waals surface area (Å²) in [5.74, 6) is -1.60. The zero-order valence-corrected chi connectivity index (χ0v) is 42.0. The van der Waals surface area contributed by atoms with Crippen molar-refractivity contribution in [3.63, 3.8) is 0 Å². The Hall–Kier alpha value is -2.59. The third kappa shape index (κ3) is 40.6.